The molecule has 0 aromatic carbocycles. The zero-order valence-corrected chi connectivity index (χ0v) is 6.39. The highest BCUT2D eigenvalue weighted by molar-refractivity contribution is 7.13. The molecule has 0 aliphatic rings. The van der Waals surface area contributed by atoms with Gasteiger partial charge in [-0.3, -0.25) is 0 Å². The van der Waals surface area contributed by atoms with Gasteiger partial charge in [-0.15, -0.1) is 5.10 Å². The van der Waals surface area contributed by atoms with Gasteiger partial charge in [0.05, 0.1) is 13.2 Å². The van der Waals surface area contributed by atoms with Crippen LogP contribution in [0.4, 0.5) is 0 Å². The molecule has 0 aliphatic carbocycles. The fourth-order valence-corrected chi connectivity index (χ4v) is 1.09. The Morgan fingerprint density at radius 3 is 2.90 bits per heavy atom. The summed E-state index contributed by atoms with van der Waals surface area (Å²) in [5.74, 6) is 0. The maximum atomic E-state index is 8.57. The number of hydrogen-bond acceptors (Lipinski definition) is 5. The normalized spacial score (nSPS) is 9.80. The van der Waals surface area contributed by atoms with Crippen LogP contribution >= 0.6 is 11.3 Å². The van der Waals surface area contributed by atoms with Crippen molar-refractivity contribution in [1.29, 1.82) is 0 Å². The monoisotopic (exact) mass is 160 g/mol. The highest BCUT2D eigenvalue weighted by atomic mass is 32.1. The Morgan fingerprint density at radius 2 is 2.40 bits per heavy atom. The van der Waals surface area contributed by atoms with Gasteiger partial charge in [0, 0.05) is 0 Å². The van der Waals surface area contributed by atoms with Crippen LogP contribution in [0, 0.1) is 0 Å². The van der Waals surface area contributed by atoms with Crippen molar-refractivity contribution in [1.82, 2.24) is 10.2 Å². The molecule has 0 saturated carbocycles. The van der Waals surface area contributed by atoms with E-state index in [9.17, 15) is 0 Å². The van der Waals surface area contributed by atoms with Crippen molar-refractivity contribution in [2.45, 2.75) is 13.5 Å². The van der Waals surface area contributed by atoms with Crippen molar-refractivity contribution in [3.63, 3.8) is 0 Å². The smallest absolute Gasteiger partial charge is 0.294 e. The lowest BCUT2D eigenvalue weighted by molar-refractivity contribution is 0.280. The van der Waals surface area contributed by atoms with Crippen LogP contribution in [0.1, 0.15) is 11.9 Å². The number of nitrogens with zero attached hydrogens (tertiary/aromatic N) is 2. The van der Waals surface area contributed by atoms with Gasteiger partial charge in [0.2, 0.25) is 0 Å². The molecule has 0 aliphatic heterocycles. The second kappa shape index (κ2) is 3.48. The van der Waals surface area contributed by atoms with E-state index in [-0.39, 0.29) is 6.61 Å². The number of rotatable bonds is 3. The minimum absolute atomic E-state index is 0.0647. The molecule has 0 unspecified atom stereocenters. The third-order valence-electron chi connectivity index (χ3n) is 0.851. The summed E-state index contributed by atoms with van der Waals surface area (Å²) >= 11 is 1.26. The minimum Gasteiger partial charge on any atom is -0.469 e. The second-order valence-electron chi connectivity index (χ2n) is 1.55. The fraction of sp³-hybridized carbons (Fsp3) is 0.600. The number of aliphatic hydroxyl groups excluding tert-OH is 1. The maximum Gasteiger partial charge on any atom is 0.294 e. The molecule has 56 valence electrons. The second-order valence-corrected chi connectivity index (χ2v) is 2.58. The van der Waals surface area contributed by atoms with Crippen LogP contribution in [0.2, 0.25) is 0 Å². The van der Waals surface area contributed by atoms with Crippen molar-refractivity contribution in [2.75, 3.05) is 6.61 Å². The summed E-state index contributed by atoms with van der Waals surface area (Å²) in [6, 6.07) is 0. The Hall–Kier alpha value is -0.680. The molecule has 0 amide bonds. The van der Waals surface area contributed by atoms with E-state index in [2.05, 4.69) is 10.2 Å². The van der Waals surface area contributed by atoms with E-state index < -0.39 is 0 Å². The molecular formula is C5H8N2O2S. The van der Waals surface area contributed by atoms with Crippen molar-refractivity contribution in [2.24, 2.45) is 0 Å². The highest BCUT2D eigenvalue weighted by Gasteiger charge is 2.01. The van der Waals surface area contributed by atoms with Gasteiger partial charge in [-0.05, 0) is 6.92 Å². The Labute approximate surface area is 62.5 Å². The van der Waals surface area contributed by atoms with Crippen molar-refractivity contribution >= 4 is 11.3 Å². The molecule has 0 fully saturated rings. The Bertz CT molecular complexity index is 201. The number of aromatic nitrogens is 2. The van der Waals surface area contributed by atoms with Gasteiger partial charge in [0.15, 0.2) is 0 Å². The third kappa shape index (κ3) is 1.65. The predicted octanol–water partition coefficient (Wildman–Crippen LogP) is 0.429. The van der Waals surface area contributed by atoms with E-state index in [0.29, 0.717) is 16.8 Å². The van der Waals surface area contributed by atoms with Crippen LogP contribution in [0.3, 0.4) is 0 Å². The summed E-state index contributed by atoms with van der Waals surface area (Å²) < 4.78 is 5.02. The summed E-state index contributed by atoms with van der Waals surface area (Å²) in [7, 11) is 0. The third-order valence-corrected chi connectivity index (χ3v) is 1.67. The summed E-state index contributed by atoms with van der Waals surface area (Å²) in [6.45, 7) is 2.39. The largest absolute Gasteiger partial charge is 0.469 e. The molecule has 1 aromatic heterocycles. The van der Waals surface area contributed by atoms with Crippen molar-refractivity contribution in [3.8, 4) is 5.19 Å². The number of ether oxygens (including phenoxy) is 1. The molecule has 4 nitrogen and oxygen atoms in total. The average molecular weight is 160 g/mol. The summed E-state index contributed by atoms with van der Waals surface area (Å²) in [4.78, 5) is 0. The summed E-state index contributed by atoms with van der Waals surface area (Å²) in [5.41, 5.74) is 0. The lowest BCUT2D eigenvalue weighted by Crippen LogP contribution is -1.89. The molecule has 5 heteroatoms. The molecule has 0 radical (unpaired) electrons. The maximum absolute atomic E-state index is 8.57. The van der Waals surface area contributed by atoms with Gasteiger partial charge in [0.1, 0.15) is 5.01 Å². The first-order valence-electron chi connectivity index (χ1n) is 2.93. The fourth-order valence-electron chi connectivity index (χ4n) is 0.484. The molecule has 1 heterocycles. The van der Waals surface area contributed by atoms with Crippen LogP contribution in [0.5, 0.6) is 5.19 Å². The van der Waals surface area contributed by atoms with E-state index in [1.807, 2.05) is 6.92 Å². The molecular weight excluding hydrogens is 152 g/mol. The topological polar surface area (TPSA) is 55.2 Å². The van der Waals surface area contributed by atoms with E-state index in [0.717, 1.165) is 0 Å². The number of hydrogen-bond donors (Lipinski definition) is 1. The van der Waals surface area contributed by atoms with Gasteiger partial charge < -0.3 is 9.84 Å². The zero-order valence-electron chi connectivity index (χ0n) is 5.57. The van der Waals surface area contributed by atoms with E-state index >= 15 is 0 Å². The first-order chi connectivity index (χ1) is 4.86. The minimum atomic E-state index is -0.0647. The van der Waals surface area contributed by atoms with Crippen molar-refractivity contribution < 1.29 is 9.84 Å². The number of aliphatic hydroxyl groups is 1. The van der Waals surface area contributed by atoms with Crippen molar-refractivity contribution in [3.05, 3.63) is 5.01 Å². The molecule has 0 saturated heterocycles. The first kappa shape index (κ1) is 7.43. The SMILES string of the molecule is CCOc1nnc(CO)s1. The van der Waals surface area contributed by atoms with Gasteiger partial charge >= 0.3 is 0 Å². The average Bonchev–Trinajstić information content (AvgIpc) is 2.37. The van der Waals surface area contributed by atoms with E-state index in [1.54, 1.807) is 0 Å². The Balaban J connectivity index is 2.59. The molecule has 10 heavy (non-hydrogen) atoms. The summed E-state index contributed by atoms with van der Waals surface area (Å²) in [6.07, 6.45) is 0. The quantitative estimate of drug-likeness (QED) is 0.696. The zero-order chi connectivity index (χ0) is 7.40. The molecule has 1 aromatic rings. The van der Waals surface area contributed by atoms with Crippen LogP contribution in [-0.2, 0) is 6.61 Å². The standard InChI is InChI=1S/C5H8N2O2S/c1-2-9-5-7-6-4(3-8)10-5/h8H,2-3H2,1H3. The van der Waals surface area contributed by atoms with E-state index in [4.69, 9.17) is 9.84 Å². The van der Waals surface area contributed by atoms with Gasteiger partial charge in [0.25, 0.3) is 5.19 Å². The molecule has 1 N–H and O–H groups in total. The Morgan fingerprint density at radius 1 is 1.60 bits per heavy atom. The van der Waals surface area contributed by atoms with Crippen LogP contribution in [0.15, 0.2) is 0 Å². The van der Waals surface area contributed by atoms with Crippen LogP contribution in [0.25, 0.3) is 0 Å². The lowest BCUT2D eigenvalue weighted by atomic mass is 10.8. The molecule has 0 spiro atoms. The van der Waals surface area contributed by atoms with Crippen LogP contribution < -0.4 is 4.74 Å². The van der Waals surface area contributed by atoms with Gasteiger partial charge in [-0.1, -0.05) is 16.4 Å². The molecule has 0 bridgehead atoms. The van der Waals surface area contributed by atoms with Gasteiger partial charge in [-0.25, -0.2) is 0 Å². The lowest BCUT2D eigenvalue weighted by Gasteiger charge is -1.91. The highest BCUT2D eigenvalue weighted by Crippen LogP contribution is 2.16. The Kier molecular flexibility index (Phi) is 2.58. The van der Waals surface area contributed by atoms with E-state index in [1.165, 1.54) is 11.3 Å². The first-order valence-corrected chi connectivity index (χ1v) is 3.74. The summed E-state index contributed by atoms with van der Waals surface area (Å²) in [5, 5.41) is 17.0. The van der Waals surface area contributed by atoms with Gasteiger partial charge in [-0.2, -0.15) is 0 Å². The molecule has 0 atom stereocenters. The molecule has 1 rings (SSSR count). The van der Waals surface area contributed by atoms with Crippen LogP contribution in [-0.4, -0.2) is 21.9 Å². The predicted molar refractivity (Wildman–Crippen MR) is 37.0 cm³/mol.